The van der Waals surface area contributed by atoms with Crippen LogP contribution in [0.2, 0.25) is 5.02 Å². The van der Waals surface area contributed by atoms with Crippen molar-refractivity contribution in [1.82, 2.24) is 20.0 Å². The zero-order chi connectivity index (χ0) is 20.7. The summed E-state index contributed by atoms with van der Waals surface area (Å²) in [7, 11) is 0. The minimum atomic E-state index is -2.64. The number of hydrogen-bond donors (Lipinski definition) is 0. The quantitative estimate of drug-likeness (QED) is 0.282. The molecule has 0 spiro atoms. The van der Waals surface area contributed by atoms with Crippen LogP contribution in [0.1, 0.15) is 29.8 Å². The molecule has 9 heteroatoms. The van der Waals surface area contributed by atoms with E-state index in [1.165, 1.54) is 18.4 Å². The predicted octanol–water partition coefficient (Wildman–Crippen LogP) is 6.85. The summed E-state index contributed by atoms with van der Waals surface area (Å²) in [6.07, 6.45) is -0.293. The van der Waals surface area contributed by atoms with E-state index in [-0.39, 0.29) is 5.01 Å². The lowest BCUT2D eigenvalue weighted by Crippen LogP contribution is -2.02. The maximum atomic E-state index is 13.0. The predicted molar refractivity (Wildman–Crippen MR) is 117 cm³/mol. The molecule has 2 heterocycles. The summed E-state index contributed by atoms with van der Waals surface area (Å²) >= 11 is 9.24. The highest BCUT2D eigenvalue weighted by atomic mass is 35.5. The van der Waals surface area contributed by atoms with E-state index in [1.807, 2.05) is 35.0 Å². The molecule has 0 saturated heterocycles. The first kappa shape index (κ1) is 19.9. The summed E-state index contributed by atoms with van der Waals surface area (Å²) in [5.74, 6) is 1.40. The number of rotatable bonds is 7. The van der Waals surface area contributed by atoms with Gasteiger partial charge in [-0.1, -0.05) is 53.3 Å². The molecular weight excluding hydrogens is 446 g/mol. The Bertz CT molecular complexity index is 1190. The Kier molecular flexibility index (Phi) is 5.47. The molecule has 0 amide bonds. The fourth-order valence-corrected chi connectivity index (χ4v) is 5.33. The van der Waals surface area contributed by atoms with Crippen molar-refractivity contribution in [2.24, 2.45) is 5.92 Å². The monoisotopic (exact) mass is 462 g/mol. The van der Waals surface area contributed by atoms with Gasteiger partial charge in [-0.05, 0) is 36.5 Å². The Morgan fingerprint density at radius 2 is 1.97 bits per heavy atom. The largest absolute Gasteiger partial charge is 0.291 e. The van der Waals surface area contributed by atoms with Crippen molar-refractivity contribution < 1.29 is 8.78 Å². The second kappa shape index (κ2) is 8.24. The first-order valence-electron chi connectivity index (χ1n) is 9.57. The number of aromatic nitrogens is 4. The zero-order valence-corrected chi connectivity index (χ0v) is 18.2. The third-order valence-corrected chi connectivity index (χ3v) is 7.25. The first-order valence-corrected chi connectivity index (χ1v) is 11.7. The highest BCUT2D eigenvalue weighted by Gasteiger charge is 2.26. The molecule has 0 unspecified atom stereocenters. The van der Waals surface area contributed by atoms with Crippen LogP contribution in [0.3, 0.4) is 0 Å². The molecule has 0 aliphatic heterocycles. The highest BCUT2D eigenvalue weighted by molar-refractivity contribution is 7.98. The van der Waals surface area contributed by atoms with Crippen molar-refractivity contribution >= 4 is 45.6 Å². The number of thioether (sulfide) groups is 1. The van der Waals surface area contributed by atoms with Gasteiger partial charge in [0.1, 0.15) is 5.69 Å². The lowest BCUT2D eigenvalue weighted by Gasteiger charge is -2.07. The second-order valence-electron chi connectivity index (χ2n) is 7.30. The van der Waals surface area contributed by atoms with Crippen molar-refractivity contribution in [2.45, 2.75) is 36.5 Å². The molecule has 2 aromatic heterocycles. The van der Waals surface area contributed by atoms with Gasteiger partial charge in [-0.2, -0.15) is 5.10 Å². The molecule has 2 aromatic carbocycles. The van der Waals surface area contributed by atoms with E-state index in [4.69, 9.17) is 16.7 Å². The molecule has 1 aliphatic carbocycles. The molecule has 0 atom stereocenters. The van der Waals surface area contributed by atoms with E-state index in [1.54, 1.807) is 11.8 Å². The van der Waals surface area contributed by atoms with Crippen molar-refractivity contribution in [2.75, 3.05) is 0 Å². The van der Waals surface area contributed by atoms with Crippen LogP contribution >= 0.6 is 34.7 Å². The minimum Gasteiger partial charge on any atom is -0.262 e. The molecule has 1 aliphatic rings. The Morgan fingerprint density at radius 1 is 1.17 bits per heavy atom. The van der Waals surface area contributed by atoms with Crippen molar-refractivity contribution in [3.05, 3.63) is 58.1 Å². The lowest BCUT2D eigenvalue weighted by atomic mass is 10.2. The fraction of sp³-hybridized carbons (Fsp3) is 0.286. The molecule has 0 bridgehead atoms. The van der Waals surface area contributed by atoms with Crippen molar-refractivity contribution in [3.63, 3.8) is 0 Å². The van der Waals surface area contributed by atoms with Crippen LogP contribution in [-0.2, 0) is 12.3 Å². The van der Waals surface area contributed by atoms with Crippen LogP contribution in [0.15, 0.2) is 47.4 Å². The summed E-state index contributed by atoms with van der Waals surface area (Å²) < 4.78 is 28.0. The summed E-state index contributed by atoms with van der Waals surface area (Å²) in [5.41, 5.74) is 2.62. The number of benzene rings is 2. The average molecular weight is 463 g/mol. The Labute approximate surface area is 185 Å². The van der Waals surface area contributed by atoms with Crippen molar-refractivity contribution in [1.29, 1.82) is 0 Å². The summed E-state index contributed by atoms with van der Waals surface area (Å²) in [6.45, 7) is 0.771. The molecule has 1 saturated carbocycles. The molecule has 154 valence electrons. The van der Waals surface area contributed by atoms with Gasteiger partial charge in [0.15, 0.2) is 10.0 Å². The standard InChI is InChI=1S/C21H17ClF2N4S2/c22-16-9-14(29-11-13-4-2-1-3-5-13)8-15-17(20-25-26-21(30-20)19(23)24)27-28(18(15)16)10-12-6-7-12/h1-5,8-9,12,19H,6-7,10-11H2. The molecule has 4 nitrogen and oxygen atoms in total. The van der Waals surface area contributed by atoms with E-state index >= 15 is 0 Å². The van der Waals surface area contributed by atoms with Crippen LogP contribution in [0.4, 0.5) is 8.78 Å². The smallest absolute Gasteiger partial charge is 0.262 e. The van der Waals surface area contributed by atoms with Gasteiger partial charge in [0.2, 0.25) is 0 Å². The van der Waals surface area contributed by atoms with E-state index in [2.05, 4.69) is 22.3 Å². The molecule has 0 radical (unpaired) electrons. The third-order valence-electron chi connectivity index (χ3n) is 4.98. The van der Waals surface area contributed by atoms with Crippen LogP contribution in [0.25, 0.3) is 21.6 Å². The number of alkyl halides is 2. The normalized spacial score (nSPS) is 14.1. The van der Waals surface area contributed by atoms with Crippen molar-refractivity contribution in [3.8, 4) is 10.7 Å². The molecular formula is C21H17ClF2N4S2. The fourth-order valence-electron chi connectivity index (χ4n) is 3.32. The molecule has 0 N–H and O–H groups in total. The lowest BCUT2D eigenvalue weighted by molar-refractivity contribution is 0.150. The van der Waals surface area contributed by atoms with Gasteiger partial charge in [0.05, 0.1) is 10.5 Å². The van der Waals surface area contributed by atoms with Crippen LogP contribution in [0, 0.1) is 5.92 Å². The van der Waals surface area contributed by atoms with E-state index in [0.29, 0.717) is 21.6 Å². The van der Waals surface area contributed by atoms with Gasteiger partial charge in [-0.15, -0.1) is 22.0 Å². The zero-order valence-electron chi connectivity index (χ0n) is 15.8. The Balaban J connectivity index is 1.56. The second-order valence-corrected chi connectivity index (χ2v) is 9.76. The topological polar surface area (TPSA) is 43.6 Å². The average Bonchev–Trinajstić information content (AvgIpc) is 3.28. The number of halogens is 3. The summed E-state index contributed by atoms with van der Waals surface area (Å²) in [6, 6.07) is 14.2. The van der Waals surface area contributed by atoms with E-state index in [0.717, 1.165) is 39.4 Å². The van der Waals surface area contributed by atoms with Gasteiger partial charge >= 0.3 is 0 Å². The SMILES string of the molecule is FC(F)c1nnc(-c2nn(CC3CC3)c3c(Cl)cc(SCc4ccccc4)cc23)s1. The van der Waals surface area contributed by atoms with Crippen LogP contribution in [0.5, 0.6) is 0 Å². The highest BCUT2D eigenvalue weighted by Crippen LogP contribution is 2.40. The first-order chi connectivity index (χ1) is 14.6. The summed E-state index contributed by atoms with van der Waals surface area (Å²) in [4.78, 5) is 1.00. The maximum Gasteiger partial charge on any atom is 0.291 e. The van der Waals surface area contributed by atoms with Gasteiger partial charge in [0.25, 0.3) is 6.43 Å². The maximum absolute atomic E-state index is 13.0. The van der Waals surface area contributed by atoms with Gasteiger partial charge in [0, 0.05) is 22.6 Å². The molecule has 30 heavy (non-hydrogen) atoms. The number of fused-ring (bicyclic) bond motifs is 1. The van der Waals surface area contributed by atoms with Gasteiger partial charge < -0.3 is 0 Å². The minimum absolute atomic E-state index is 0.296. The Hall–Kier alpha value is -2.03. The third kappa shape index (κ3) is 4.08. The Morgan fingerprint density at radius 3 is 2.67 bits per heavy atom. The van der Waals surface area contributed by atoms with E-state index in [9.17, 15) is 8.78 Å². The van der Waals surface area contributed by atoms with E-state index < -0.39 is 6.43 Å². The number of hydrogen-bond acceptors (Lipinski definition) is 5. The van der Waals surface area contributed by atoms with Gasteiger partial charge in [-0.3, -0.25) is 4.68 Å². The molecule has 5 rings (SSSR count). The van der Waals surface area contributed by atoms with Crippen LogP contribution in [-0.4, -0.2) is 20.0 Å². The molecule has 1 fully saturated rings. The summed E-state index contributed by atoms with van der Waals surface area (Å²) in [5, 5.41) is 13.9. The van der Waals surface area contributed by atoms with Gasteiger partial charge in [-0.25, -0.2) is 8.78 Å². The molecule has 4 aromatic rings. The number of nitrogens with zero attached hydrogens (tertiary/aromatic N) is 4. The van der Waals surface area contributed by atoms with Crippen LogP contribution < -0.4 is 0 Å².